The van der Waals surface area contributed by atoms with Gasteiger partial charge >= 0.3 is 5.69 Å². The van der Waals surface area contributed by atoms with E-state index in [2.05, 4.69) is 0 Å². The standard InChI is InChI=1S/C15H20N2O3/c1-11(2)17-9-8-16(15(17)19)10-13(18)12-6-4-5-7-14(12)20-3/h4-9,11,13,18H,10H2,1-3H3. The summed E-state index contributed by atoms with van der Waals surface area (Å²) >= 11 is 0. The molecule has 0 amide bonds. The SMILES string of the molecule is COc1ccccc1C(O)Cn1ccn(C(C)C)c1=O. The minimum Gasteiger partial charge on any atom is -0.496 e. The Morgan fingerprint density at radius 3 is 2.55 bits per heavy atom. The number of hydrogen-bond acceptors (Lipinski definition) is 3. The Labute approximate surface area is 118 Å². The molecule has 108 valence electrons. The third kappa shape index (κ3) is 2.77. The van der Waals surface area contributed by atoms with Crippen molar-refractivity contribution in [1.82, 2.24) is 9.13 Å². The Kier molecular flexibility index (Phi) is 4.29. The number of rotatable bonds is 5. The van der Waals surface area contributed by atoms with E-state index in [0.717, 1.165) is 0 Å². The fraction of sp³-hybridized carbons (Fsp3) is 0.400. The van der Waals surface area contributed by atoms with Crippen LogP contribution in [0.25, 0.3) is 0 Å². The third-order valence-corrected chi connectivity index (χ3v) is 3.30. The van der Waals surface area contributed by atoms with Gasteiger partial charge in [-0.1, -0.05) is 18.2 Å². The van der Waals surface area contributed by atoms with E-state index in [1.54, 1.807) is 36.2 Å². The number of hydrogen-bond donors (Lipinski definition) is 1. The molecule has 0 aliphatic rings. The van der Waals surface area contributed by atoms with Gasteiger partial charge in [-0.3, -0.25) is 9.13 Å². The molecule has 0 bridgehead atoms. The highest BCUT2D eigenvalue weighted by Crippen LogP contribution is 2.25. The maximum Gasteiger partial charge on any atom is 0.328 e. The molecule has 0 spiro atoms. The van der Waals surface area contributed by atoms with E-state index in [4.69, 9.17) is 4.74 Å². The summed E-state index contributed by atoms with van der Waals surface area (Å²) in [7, 11) is 1.56. The first-order valence-electron chi connectivity index (χ1n) is 6.63. The monoisotopic (exact) mass is 276 g/mol. The average molecular weight is 276 g/mol. The van der Waals surface area contributed by atoms with Crippen LogP contribution in [0, 0.1) is 0 Å². The molecule has 5 nitrogen and oxygen atoms in total. The lowest BCUT2D eigenvalue weighted by Gasteiger charge is -2.14. The van der Waals surface area contributed by atoms with Crippen molar-refractivity contribution in [2.24, 2.45) is 0 Å². The number of aliphatic hydroxyl groups is 1. The second kappa shape index (κ2) is 5.96. The molecular weight excluding hydrogens is 256 g/mol. The van der Waals surface area contributed by atoms with Gasteiger partial charge in [-0.2, -0.15) is 0 Å². The number of imidazole rings is 1. The first kappa shape index (κ1) is 14.4. The van der Waals surface area contributed by atoms with Crippen molar-refractivity contribution in [2.75, 3.05) is 7.11 Å². The second-order valence-electron chi connectivity index (χ2n) is 4.99. The topological polar surface area (TPSA) is 56.4 Å². The quantitative estimate of drug-likeness (QED) is 0.908. The number of nitrogens with zero attached hydrogens (tertiary/aromatic N) is 2. The van der Waals surface area contributed by atoms with Crippen LogP contribution in [-0.4, -0.2) is 21.4 Å². The molecule has 1 aromatic carbocycles. The molecule has 0 saturated carbocycles. The average Bonchev–Trinajstić information content (AvgIpc) is 2.80. The molecule has 1 atom stereocenters. The van der Waals surface area contributed by atoms with Crippen molar-refractivity contribution < 1.29 is 9.84 Å². The van der Waals surface area contributed by atoms with E-state index >= 15 is 0 Å². The molecule has 0 aliphatic heterocycles. The molecule has 2 rings (SSSR count). The second-order valence-corrected chi connectivity index (χ2v) is 4.99. The third-order valence-electron chi connectivity index (χ3n) is 3.30. The van der Waals surface area contributed by atoms with Crippen molar-refractivity contribution in [1.29, 1.82) is 0 Å². The van der Waals surface area contributed by atoms with Gasteiger partial charge < -0.3 is 9.84 Å². The highest BCUT2D eigenvalue weighted by atomic mass is 16.5. The van der Waals surface area contributed by atoms with Crippen LogP contribution in [-0.2, 0) is 6.54 Å². The van der Waals surface area contributed by atoms with Gasteiger partial charge in [-0.05, 0) is 19.9 Å². The smallest absolute Gasteiger partial charge is 0.328 e. The lowest BCUT2D eigenvalue weighted by Crippen LogP contribution is -2.27. The molecule has 0 fully saturated rings. The fourth-order valence-corrected chi connectivity index (χ4v) is 2.19. The van der Waals surface area contributed by atoms with E-state index in [-0.39, 0.29) is 18.3 Å². The number of aromatic nitrogens is 2. The molecule has 20 heavy (non-hydrogen) atoms. The number of aliphatic hydroxyl groups excluding tert-OH is 1. The summed E-state index contributed by atoms with van der Waals surface area (Å²) in [6.45, 7) is 4.10. The predicted molar refractivity (Wildman–Crippen MR) is 77.0 cm³/mol. The van der Waals surface area contributed by atoms with E-state index in [1.807, 2.05) is 26.0 Å². The largest absolute Gasteiger partial charge is 0.496 e. The maximum atomic E-state index is 12.1. The Bertz CT molecular complexity index is 628. The van der Waals surface area contributed by atoms with Gasteiger partial charge in [-0.25, -0.2) is 4.79 Å². The van der Waals surface area contributed by atoms with Gasteiger partial charge in [0.15, 0.2) is 0 Å². The molecule has 0 aliphatic carbocycles. The first-order chi connectivity index (χ1) is 9.54. The molecular formula is C15H20N2O3. The zero-order valence-corrected chi connectivity index (χ0v) is 12.0. The number of ether oxygens (including phenoxy) is 1. The van der Waals surface area contributed by atoms with Crippen LogP contribution in [0.3, 0.4) is 0 Å². The van der Waals surface area contributed by atoms with Crippen LogP contribution in [0.4, 0.5) is 0 Å². The number of methoxy groups -OCH3 is 1. The summed E-state index contributed by atoms with van der Waals surface area (Å²) in [4.78, 5) is 12.1. The highest BCUT2D eigenvalue weighted by Gasteiger charge is 2.15. The van der Waals surface area contributed by atoms with Crippen LogP contribution in [0.1, 0.15) is 31.6 Å². The van der Waals surface area contributed by atoms with Gasteiger partial charge in [0.25, 0.3) is 0 Å². The van der Waals surface area contributed by atoms with E-state index in [0.29, 0.717) is 11.3 Å². The summed E-state index contributed by atoms with van der Waals surface area (Å²) < 4.78 is 8.37. The molecule has 2 aromatic rings. The maximum absolute atomic E-state index is 12.1. The molecule has 1 aromatic heterocycles. The van der Waals surface area contributed by atoms with Crippen molar-refractivity contribution in [3.63, 3.8) is 0 Å². The number of benzene rings is 1. The number of para-hydroxylation sites is 1. The van der Waals surface area contributed by atoms with Gasteiger partial charge in [0.2, 0.25) is 0 Å². The Morgan fingerprint density at radius 1 is 1.25 bits per heavy atom. The minimum atomic E-state index is -0.785. The van der Waals surface area contributed by atoms with Gasteiger partial charge in [-0.15, -0.1) is 0 Å². The van der Waals surface area contributed by atoms with E-state index in [1.165, 1.54) is 4.57 Å². The van der Waals surface area contributed by atoms with E-state index < -0.39 is 6.10 Å². The van der Waals surface area contributed by atoms with Gasteiger partial charge in [0.05, 0.1) is 13.7 Å². The van der Waals surface area contributed by atoms with Crippen molar-refractivity contribution in [2.45, 2.75) is 32.5 Å². The van der Waals surface area contributed by atoms with Crippen LogP contribution in [0.5, 0.6) is 5.75 Å². The molecule has 5 heteroatoms. The first-order valence-corrected chi connectivity index (χ1v) is 6.63. The summed E-state index contributed by atoms with van der Waals surface area (Å²) in [6.07, 6.45) is 2.65. The summed E-state index contributed by atoms with van der Waals surface area (Å²) in [5, 5.41) is 10.3. The molecule has 1 heterocycles. The van der Waals surface area contributed by atoms with Crippen LogP contribution in [0.15, 0.2) is 41.5 Å². The zero-order valence-electron chi connectivity index (χ0n) is 12.0. The molecule has 0 saturated heterocycles. The van der Waals surface area contributed by atoms with Gasteiger partial charge in [0.1, 0.15) is 11.9 Å². The van der Waals surface area contributed by atoms with Crippen molar-refractivity contribution >= 4 is 0 Å². The highest BCUT2D eigenvalue weighted by molar-refractivity contribution is 5.34. The Hall–Kier alpha value is -2.01. The fourth-order valence-electron chi connectivity index (χ4n) is 2.19. The van der Waals surface area contributed by atoms with Crippen molar-refractivity contribution in [3.05, 3.63) is 52.7 Å². The van der Waals surface area contributed by atoms with Crippen LogP contribution < -0.4 is 10.4 Å². The Morgan fingerprint density at radius 2 is 1.95 bits per heavy atom. The van der Waals surface area contributed by atoms with Crippen LogP contribution in [0.2, 0.25) is 0 Å². The summed E-state index contributed by atoms with van der Waals surface area (Å²) in [6, 6.07) is 7.38. The molecule has 1 N–H and O–H groups in total. The van der Waals surface area contributed by atoms with Gasteiger partial charge in [0, 0.05) is 24.0 Å². The predicted octanol–water partition coefficient (Wildman–Crippen LogP) is 1.97. The lowest BCUT2D eigenvalue weighted by atomic mass is 10.1. The van der Waals surface area contributed by atoms with Crippen molar-refractivity contribution in [3.8, 4) is 5.75 Å². The lowest BCUT2D eigenvalue weighted by molar-refractivity contribution is 0.151. The summed E-state index contributed by atoms with van der Waals surface area (Å²) in [5.41, 5.74) is 0.563. The zero-order chi connectivity index (χ0) is 14.7. The molecule has 1 unspecified atom stereocenters. The van der Waals surface area contributed by atoms with E-state index in [9.17, 15) is 9.90 Å². The minimum absolute atomic E-state index is 0.104. The molecule has 0 radical (unpaired) electrons. The normalized spacial score (nSPS) is 12.7. The van der Waals surface area contributed by atoms with Crippen LogP contribution >= 0.6 is 0 Å². The Balaban J connectivity index is 2.24. The summed E-state index contributed by atoms with van der Waals surface area (Å²) in [5.74, 6) is 0.622.